The highest BCUT2D eigenvalue weighted by atomic mass is 35.5. The summed E-state index contributed by atoms with van der Waals surface area (Å²) < 4.78 is 0. The Morgan fingerprint density at radius 3 is 2.24 bits per heavy atom. The van der Waals surface area contributed by atoms with E-state index < -0.39 is 0 Å². The van der Waals surface area contributed by atoms with E-state index in [0.29, 0.717) is 18.0 Å². The molecule has 0 bridgehead atoms. The van der Waals surface area contributed by atoms with Crippen molar-refractivity contribution in [3.8, 4) is 0 Å². The molecule has 3 atom stereocenters. The van der Waals surface area contributed by atoms with Crippen molar-refractivity contribution in [2.24, 2.45) is 0 Å². The number of halogens is 2. The molecular formula is C11H23Cl2N3O. The molecule has 0 aromatic rings. The molecule has 2 N–H and O–H groups in total. The van der Waals surface area contributed by atoms with Gasteiger partial charge in [-0.2, -0.15) is 0 Å². The van der Waals surface area contributed by atoms with Crippen LogP contribution >= 0.6 is 24.8 Å². The normalized spacial score (nSPS) is 32.6. The van der Waals surface area contributed by atoms with E-state index in [-0.39, 0.29) is 30.9 Å². The first-order valence-electron chi connectivity index (χ1n) is 5.95. The van der Waals surface area contributed by atoms with Crippen LogP contribution in [0.25, 0.3) is 0 Å². The molecule has 4 nitrogen and oxygen atoms in total. The van der Waals surface area contributed by atoms with Crippen LogP contribution in [-0.4, -0.2) is 48.6 Å². The quantitative estimate of drug-likeness (QED) is 0.748. The molecule has 2 fully saturated rings. The van der Waals surface area contributed by atoms with Gasteiger partial charge in [0.05, 0.1) is 6.04 Å². The van der Waals surface area contributed by atoms with E-state index in [9.17, 15) is 4.79 Å². The van der Waals surface area contributed by atoms with Gasteiger partial charge in [0.2, 0.25) is 5.91 Å². The van der Waals surface area contributed by atoms with Crippen molar-refractivity contribution in [3.63, 3.8) is 0 Å². The summed E-state index contributed by atoms with van der Waals surface area (Å²) in [7, 11) is 0. The van der Waals surface area contributed by atoms with Crippen LogP contribution in [0.15, 0.2) is 0 Å². The molecule has 0 aliphatic carbocycles. The van der Waals surface area contributed by atoms with E-state index in [1.807, 2.05) is 4.90 Å². The molecule has 0 spiro atoms. The molecule has 2 aliphatic rings. The molecule has 1 amide bonds. The number of nitrogens with one attached hydrogen (secondary N) is 2. The summed E-state index contributed by atoms with van der Waals surface area (Å²) in [4.78, 5) is 14.1. The second-order valence-corrected chi connectivity index (χ2v) is 4.86. The monoisotopic (exact) mass is 283 g/mol. The second-order valence-electron chi connectivity index (χ2n) is 4.86. The molecule has 2 saturated heterocycles. The molecule has 3 unspecified atom stereocenters. The molecule has 2 rings (SSSR count). The molecule has 2 aliphatic heterocycles. The molecule has 17 heavy (non-hydrogen) atoms. The zero-order valence-corrected chi connectivity index (χ0v) is 12.1. The van der Waals surface area contributed by atoms with Gasteiger partial charge in [-0.3, -0.25) is 4.79 Å². The zero-order valence-electron chi connectivity index (χ0n) is 10.4. The lowest BCUT2D eigenvalue weighted by molar-refractivity contribution is -0.134. The molecule has 102 valence electrons. The van der Waals surface area contributed by atoms with E-state index in [0.717, 1.165) is 32.5 Å². The summed E-state index contributed by atoms with van der Waals surface area (Å²) in [5.41, 5.74) is 0. The Hall–Kier alpha value is -0.0300. The van der Waals surface area contributed by atoms with Gasteiger partial charge < -0.3 is 15.5 Å². The maximum Gasteiger partial charge on any atom is 0.239 e. The van der Waals surface area contributed by atoms with E-state index in [1.165, 1.54) is 0 Å². The Labute approximate surface area is 116 Å². The van der Waals surface area contributed by atoms with Gasteiger partial charge in [0.25, 0.3) is 0 Å². The predicted octanol–water partition coefficient (Wildman–Crippen LogP) is 0.791. The van der Waals surface area contributed by atoms with Crippen LogP contribution in [0.4, 0.5) is 0 Å². The molecule has 2 heterocycles. The van der Waals surface area contributed by atoms with Gasteiger partial charge in [0, 0.05) is 25.2 Å². The first kappa shape index (κ1) is 17.0. The lowest BCUT2D eigenvalue weighted by Gasteiger charge is -2.37. The van der Waals surface area contributed by atoms with Gasteiger partial charge in [0.15, 0.2) is 0 Å². The van der Waals surface area contributed by atoms with Crippen LogP contribution in [0, 0.1) is 0 Å². The van der Waals surface area contributed by atoms with Crippen LogP contribution in [0.5, 0.6) is 0 Å². The predicted molar refractivity (Wildman–Crippen MR) is 74.2 cm³/mol. The van der Waals surface area contributed by atoms with Crippen molar-refractivity contribution >= 4 is 30.7 Å². The highest BCUT2D eigenvalue weighted by Gasteiger charge is 2.30. The van der Waals surface area contributed by atoms with Crippen molar-refractivity contribution in [2.75, 3.05) is 19.6 Å². The van der Waals surface area contributed by atoms with Crippen LogP contribution in [0.1, 0.15) is 26.7 Å². The average molecular weight is 284 g/mol. The van der Waals surface area contributed by atoms with E-state index in [2.05, 4.69) is 24.5 Å². The largest absolute Gasteiger partial charge is 0.338 e. The van der Waals surface area contributed by atoms with Gasteiger partial charge >= 0.3 is 0 Å². The highest BCUT2D eigenvalue weighted by molar-refractivity contribution is 5.85. The number of amides is 1. The molecule has 0 saturated carbocycles. The molecule has 0 aromatic carbocycles. The Morgan fingerprint density at radius 2 is 1.76 bits per heavy atom. The number of carbonyl (C=O) groups excluding carboxylic acids is 1. The SMILES string of the molecule is CC1CN(C(=O)C2CCCN2)CC(C)N1.Cl.Cl. The second kappa shape index (κ2) is 7.41. The van der Waals surface area contributed by atoms with Crippen molar-refractivity contribution in [1.29, 1.82) is 0 Å². The third kappa shape index (κ3) is 4.28. The van der Waals surface area contributed by atoms with Crippen molar-refractivity contribution < 1.29 is 4.79 Å². The summed E-state index contributed by atoms with van der Waals surface area (Å²) >= 11 is 0. The smallest absolute Gasteiger partial charge is 0.239 e. The van der Waals surface area contributed by atoms with Crippen LogP contribution in [0.2, 0.25) is 0 Å². The fraction of sp³-hybridized carbons (Fsp3) is 0.909. The average Bonchev–Trinajstić information content (AvgIpc) is 2.67. The third-order valence-electron chi connectivity index (χ3n) is 3.23. The van der Waals surface area contributed by atoms with E-state index in [4.69, 9.17) is 0 Å². The van der Waals surface area contributed by atoms with Crippen molar-refractivity contribution in [1.82, 2.24) is 15.5 Å². The van der Waals surface area contributed by atoms with Gasteiger partial charge in [0.1, 0.15) is 0 Å². The molecule has 0 radical (unpaired) electrons. The van der Waals surface area contributed by atoms with Gasteiger partial charge in [-0.1, -0.05) is 0 Å². The lowest BCUT2D eigenvalue weighted by Crippen LogP contribution is -2.58. The summed E-state index contributed by atoms with van der Waals surface area (Å²) in [6, 6.07) is 0.917. The molecular weight excluding hydrogens is 261 g/mol. The molecule has 0 aromatic heterocycles. The van der Waals surface area contributed by atoms with Gasteiger partial charge in [-0.05, 0) is 33.2 Å². The van der Waals surface area contributed by atoms with E-state index >= 15 is 0 Å². The van der Waals surface area contributed by atoms with Gasteiger partial charge in [-0.15, -0.1) is 24.8 Å². The number of rotatable bonds is 1. The summed E-state index contributed by atoms with van der Waals surface area (Å²) in [6.07, 6.45) is 2.14. The van der Waals surface area contributed by atoms with Crippen LogP contribution < -0.4 is 10.6 Å². The summed E-state index contributed by atoms with van der Waals surface area (Å²) in [5.74, 6) is 0.299. The number of piperazine rings is 1. The number of carbonyl (C=O) groups is 1. The van der Waals surface area contributed by atoms with Gasteiger partial charge in [-0.25, -0.2) is 0 Å². The van der Waals surface area contributed by atoms with Crippen LogP contribution in [-0.2, 0) is 4.79 Å². The minimum absolute atomic E-state index is 0. The summed E-state index contributed by atoms with van der Waals surface area (Å²) in [6.45, 7) is 6.96. The van der Waals surface area contributed by atoms with Crippen molar-refractivity contribution in [2.45, 2.75) is 44.8 Å². The Kier molecular flexibility index (Phi) is 7.40. The third-order valence-corrected chi connectivity index (χ3v) is 3.23. The zero-order chi connectivity index (χ0) is 10.8. The minimum Gasteiger partial charge on any atom is -0.338 e. The number of nitrogens with zero attached hydrogens (tertiary/aromatic N) is 1. The van der Waals surface area contributed by atoms with Crippen LogP contribution in [0.3, 0.4) is 0 Å². The molecule has 6 heteroatoms. The maximum atomic E-state index is 12.1. The number of hydrogen-bond acceptors (Lipinski definition) is 3. The Bertz CT molecular complexity index is 237. The topological polar surface area (TPSA) is 44.4 Å². The Balaban J connectivity index is 0.00000128. The fourth-order valence-electron chi connectivity index (χ4n) is 2.62. The first-order chi connectivity index (χ1) is 7.16. The maximum absolute atomic E-state index is 12.1. The first-order valence-corrected chi connectivity index (χ1v) is 5.95. The minimum atomic E-state index is 0. The fourth-order valence-corrected chi connectivity index (χ4v) is 2.62. The Morgan fingerprint density at radius 1 is 1.18 bits per heavy atom. The standard InChI is InChI=1S/C11H21N3O.2ClH/c1-8-6-14(7-9(2)13-8)11(15)10-4-3-5-12-10;;/h8-10,12-13H,3-7H2,1-2H3;2*1H. The van der Waals surface area contributed by atoms with E-state index in [1.54, 1.807) is 0 Å². The summed E-state index contributed by atoms with van der Waals surface area (Å²) in [5, 5.41) is 6.71. The number of hydrogen-bond donors (Lipinski definition) is 2. The lowest BCUT2D eigenvalue weighted by atomic mass is 10.1. The highest BCUT2D eigenvalue weighted by Crippen LogP contribution is 2.12. The van der Waals surface area contributed by atoms with Crippen molar-refractivity contribution in [3.05, 3.63) is 0 Å².